The lowest BCUT2D eigenvalue weighted by Gasteiger charge is -2.03. The van der Waals surface area contributed by atoms with Crippen LogP contribution in [0.4, 0.5) is 5.69 Å². The maximum absolute atomic E-state index is 12.2. The largest absolute Gasteiger partial charge is 0.402 e. The molecule has 1 aromatic rings. The standard InChI is InChI=1S/C14H16N2O.3C2H6/c1-3-5-11(8-10(2)15)14(17)12-6-4-7-13(16)9-12;3*1-2/h3-9H,1,15-16H2,2H3;3*1-2H3/b10-8+,11-5+;;;. The van der Waals surface area contributed by atoms with Crippen molar-refractivity contribution in [1.82, 2.24) is 0 Å². The Kier molecular flexibility index (Phi) is 19.8. The van der Waals surface area contributed by atoms with Gasteiger partial charge in [0.1, 0.15) is 0 Å². The fourth-order valence-corrected chi connectivity index (χ4v) is 1.41. The summed E-state index contributed by atoms with van der Waals surface area (Å²) in [7, 11) is 0. The van der Waals surface area contributed by atoms with Crippen LogP contribution in [0, 0.1) is 0 Å². The second kappa shape index (κ2) is 17.8. The predicted molar refractivity (Wildman–Crippen MR) is 105 cm³/mol. The highest BCUT2D eigenvalue weighted by Crippen LogP contribution is 2.13. The summed E-state index contributed by atoms with van der Waals surface area (Å²) >= 11 is 0. The zero-order chi connectivity index (χ0) is 18.8. The molecule has 0 atom stereocenters. The first-order valence-electron chi connectivity index (χ1n) is 8.21. The SMILES string of the molecule is C=C/C=C(\C=C(/C)N)C(=O)c1cccc(N)c1.CC.CC.CC. The van der Waals surface area contributed by atoms with Crippen molar-refractivity contribution in [3.8, 4) is 0 Å². The number of benzene rings is 1. The Bertz CT molecular complexity index is 496. The number of Topliss-reactive ketones (excluding diaryl/α,β-unsaturated/α-hetero) is 1. The van der Waals surface area contributed by atoms with Crippen molar-refractivity contribution in [2.24, 2.45) is 5.73 Å². The van der Waals surface area contributed by atoms with Crippen LogP contribution < -0.4 is 11.5 Å². The highest BCUT2D eigenvalue weighted by Gasteiger charge is 2.09. The molecule has 4 N–H and O–H groups in total. The smallest absolute Gasteiger partial charge is 0.193 e. The van der Waals surface area contributed by atoms with Crippen LogP contribution in [0.2, 0.25) is 0 Å². The summed E-state index contributed by atoms with van der Waals surface area (Å²) in [6, 6.07) is 6.83. The van der Waals surface area contributed by atoms with Gasteiger partial charge in [0.15, 0.2) is 5.78 Å². The average molecular weight is 319 g/mol. The molecule has 0 bridgehead atoms. The summed E-state index contributed by atoms with van der Waals surface area (Å²) in [5.41, 5.74) is 13.4. The van der Waals surface area contributed by atoms with Crippen LogP contribution in [0.25, 0.3) is 0 Å². The van der Waals surface area contributed by atoms with Crippen LogP contribution >= 0.6 is 0 Å². The number of carbonyl (C=O) groups is 1. The molecular weight excluding hydrogens is 284 g/mol. The Morgan fingerprint density at radius 1 is 1.09 bits per heavy atom. The van der Waals surface area contributed by atoms with Crippen molar-refractivity contribution in [2.45, 2.75) is 48.5 Å². The Labute approximate surface area is 142 Å². The summed E-state index contributed by atoms with van der Waals surface area (Å²) in [5, 5.41) is 0. The van der Waals surface area contributed by atoms with E-state index in [1.165, 1.54) is 0 Å². The van der Waals surface area contributed by atoms with Gasteiger partial charge in [-0.25, -0.2) is 0 Å². The molecule has 23 heavy (non-hydrogen) atoms. The molecule has 0 saturated carbocycles. The minimum Gasteiger partial charge on any atom is -0.402 e. The summed E-state index contributed by atoms with van der Waals surface area (Å²) in [5.74, 6) is -0.123. The van der Waals surface area contributed by atoms with Gasteiger partial charge in [-0.2, -0.15) is 0 Å². The molecule has 0 aromatic heterocycles. The molecule has 0 amide bonds. The summed E-state index contributed by atoms with van der Waals surface area (Å²) in [6.45, 7) is 17.3. The van der Waals surface area contributed by atoms with E-state index in [-0.39, 0.29) is 5.78 Å². The predicted octanol–water partition coefficient (Wildman–Crippen LogP) is 5.51. The monoisotopic (exact) mass is 318 g/mol. The molecular formula is C20H34N2O. The van der Waals surface area contributed by atoms with Gasteiger partial charge in [-0.1, -0.05) is 72.4 Å². The number of anilines is 1. The Morgan fingerprint density at radius 2 is 1.61 bits per heavy atom. The first kappa shape index (κ1) is 25.7. The summed E-state index contributed by atoms with van der Waals surface area (Å²) < 4.78 is 0. The normalized spacial score (nSPS) is 9.87. The van der Waals surface area contributed by atoms with Gasteiger partial charge >= 0.3 is 0 Å². The molecule has 0 saturated heterocycles. The number of ketones is 1. The number of nitrogens with two attached hydrogens (primary N) is 2. The minimum absolute atomic E-state index is 0.123. The van der Waals surface area contributed by atoms with E-state index < -0.39 is 0 Å². The molecule has 0 radical (unpaired) electrons. The molecule has 0 heterocycles. The third kappa shape index (κ3) is 12.0. The topological polar surface area (TPSA) is 69.1 Å². The molecule has 3 nitrogen and oxygen atoms in total. The van der Waals surface area contributed by atoms with Crippen molar-refractivity contribution >= 4 is 11.5 Å². The van der Waals surface area contributed by atoms with E-state index in [9.17, 15) is 4.79 Å². The fourth-order valence-electron chi connectivity index (χ4n) is 1.41. The molecule has 0 spiro atoms. The lowest BCUT2D eigenvalue weighted by molar-refractivity contribution is 0.103. The van der Waals surface area contributed by atoms with E-state index in [1.807, 2.05) is 41.5 Å². The van der Waals surface area contributed by atoms with Crippen LogP contribution in [-0.2, 0) is 0 Å². The third-order valence-electron chi connectivity index (χ3n) is 2.09. The molecule has 0 aliphatic carbocycles. The van der Waals surface area contributed by atoms with Crippen LogP contribution in [0.15, 0.2) is 60.3 Å². The lowest BCUT2D eigenvalue weighted by Crippen LogP contribution is -2.04. The summed E-state index contributed by atoms with van der Waals surface area (Å²) in [6.07, 6.45) is 4.80. The van der Waals surface area contributed by atoms with E-state index >= 15 is 0 Å². The molecule has 0 aliphatic heterocycles. The average Bonchev–Trinajstić information content (AvgIpc) is 2.59. The van der Waals surface area contributed by atoms with Crippen LogP contribution in [0.1, 0.15) is 58.8 Å². The molecule has 3 heteroatoms. The van der Waals surface area contributed by atoms with Gasteiger partial charge in [0.2, 0.25) is 0 Å². The van der Waals surface area contributed by atoms with Gasteiger partial charge in [0.25, 0.3) is 0 Å². The molecule has 0 fully saturated rings. The van der Waals surface area contributed by atoms with Crippen molar-refractivity contribution in [3.05, 3.63) is 65.9 Å². The third-order valence-corrected chi connectivity index (χ3v) is 2.09. The van der Waals surface area contributed by atoms with Gasteiger partial charge in [-0.05, 0) is 25.1 Å². The quantitative estimate of drug-likeness (QED) is 0.333. The first-order valence-corrected chi connectivity index (χ1v) is 8.21. The van der Waals surface area contributed by atoms with E-state index in [2.05, 4.69) is 6.58 Å². The first-order chi connectivity index (χ1) is 11.0. The van der Waals surface area contributed by atoms with Crippen molar-refractivity contribution in [2.75, 3.05) is 5.73 Å². The fraction of sp³-hybridized carbons (Fsp3) is 0.350. The second-order valence-corrected chi connectivity index (χ2v) is 3.70. The molecule has 1 rings (SSSR count). The van der Waals surface area contributed by atoms with Gasteiger partial charge in [-0.15, -0.1) is 0 Å². The maximum Gasteiger partial charge on any atom is 0.193 e. The number of nitrogen functional groups attached to an aromatic ring is 1. The van der Waals surface area contributed by atoms with Gasteiger partial charge in [0, 0.05) is 22.5 Å². The van der Waals surface area contributed by atoms with Crippen LogP contribution in [0.3, 0.4) is 0 Å². The Morgan fingerprint density at radius 3 is 2.00 bits per heavy atom. The number of allylic oxidation sites excluding steroid dienone is 5. The van der Waals surface area contributed by atoms with Crippen molar-refractivity contribution in [1.29, 1.82) is 0 Å². The van der Waals surface area contributed by atoms with Gasteiger partial charge in [-0.3, -0.25) is 4.79 Å². The zero-order valence-electron chi connectivity index (χ0n) is 15.8. The number of carbonyl (C=O) groups excluding carboxylic acids is 1. The molecule has 0 unspecified atom stereocenters. The van der Waals surface area contributed by atoms with E-state index in [4.69, 9.17) is 11.5 Å². The van der Waals surface area contributed by atoms with Gasteiger partial charge in [0.05, 0.1) is 0 Å². The zero-order valence-corrected chi connectivity index (χ0v) is 15.8. The van der Waals surface area contributed by atoms with E-state index in [1.54, 1.807) is 49.4 Å². The number of rotatable bonds is 4. The van der Waals surface area contributed by atoms with Crippen LogP contribution in [-0.4, -0.2) is 5.78 Å². The number of hydrogen-bond donors (Lipinski definition) is 2. The van der Waals surface area contributed by atoms with E-state index in [0.717, 1.165) is 0 Å². The second-order valence-electron chi connectivity index (χ2n) is 3.70. The maximum atomic E-state index is 12.2. The van der Waals surface area contributed by atoms with Crippen molar-refractivity contribution in [3.63, 3.8) is 0 Å². The van der Waals surface area contributed by atoms with Crippen LogP contribution in [0.5, 0.6) is 0 Å². The lowest BCUT2D eigenvalue weighted by atomic mass is 10.0. The van der Waals surface area contributed by atoms with Gasteiger partial charge < -0.3 is 11.5 Å². The summed E-state index contributed by atoms with van der Waals surface area (Å²) in [4.78, 5) is 12.2. The Hall–Kier alpha value is -2.29. The highest BCUT2D eigenvalue weighted by molar-refractivity contribution is 6.11. The van der Waals surface area contributed by atoms with E-state index in [0.29, 0.717) is 22.5 Å². The molecule has 1 aromatic carbocycles. The Balaban J connectivity index is -0.000000595. The van der Waals surface area contributed by atoms with Crippen molar-refractivity contribution < 1.29 is 4.79 Å². The minimum atomic E-state index is -0.123. The highest BCUT2D eigenvalue weighted by atomic mass is 16.1. The molecule has 130 valence electrons. The molecule has 0 aliphatic rings. The number of hydrogen-bond acceptors (Lipinski definition) is 3.